The maximum Gasteiger partial charge on any atom is 0.262 e. The van der Waals surface area contributed by atoms with Gasteiger partial charge < -0.3 is 14.6 Å². The maximum atomic E-state index is 13.6. The Balaban J connectivity index is 0.00000225. The Morgan fingerprint density at radius 2 is 1.89 bits per heavy atom. The lowest BCUT2D eigenvalue weighted by atomic mass is 10.2. The Bertz CT molecular complexity index is 1090. The number of halogens is 2. The first-order valence-electron chi connectivity index (χ1n) is 8.70. The second kappa shape index (κ2) is 7.98. The number of aryl methyl sites for hydroxylation is 1. The smallest absolute Gasteiger partial charge is 0.262 e. The average molecular weight is 426 g/mol. The van der Waals surface area contributed by atoms with E-state index >= 15 is 0 Å². The zero-order chi connectivity index (χ0) is 19.0. The van der Waals surface area contributed by atoms with Crippen LogP contribution in [0.5, 0.6) is 0 Å². The highest BCUT2D eigenvalue weighted by Gasteiger charge is 2.21. The van der Waals surface area contributed by atoms with Gasteiger partial charge in [0, 0.05) is 31.6 Å². The summed E-state index contributed by atoms with van der Waals surface area (Å²) < 4.78 is 47.4. The van der Waals surface area contributed by atoms with Gasteiger partial charge in [-0.05, 0) is 42.8 Å². The van der Waals surface area contributed by atoms with Crippen LogP contribution < -0.4 is 14.9 Å². The first-order valence-corrected chi connectivity index (χ1v) is 10.2. The highest BCUT2D eigenvalue weighted by molar-refractivity contribution is 7.92. The summed E-state index contributed by atoms with van der Waals surface area (Å²) in [6.07, 6.45) is 1.59. The molecule has 3 aromatic rings. The van der Waals surface area contributed by atoms with E-state index in [4.69, 9.17) is 4.42 Å². The molecule has 0 unspecified atom stereocenters. The number of nitrogens with one attached hydrogen (secondary N) is 2. The monoisotopic (exact) mass is 425 g/mol. The van der Waals surface area contributed by atoms with Crippen molar-refractivity contribution >= 4 is 44.8 Å². The molecule has 150 valence electrons. The molecule has 0 saturated carbocycles. The number of nitrogens with zero attached hydrogens (tertiary/aromatic N) is 1. The summed E-state index contributed by atoms with van der Waals surface area (Å²) in [5.74, 6) is -0.590. The van der Waals surface area contributed by atoms with E-state index in [9.17, 15) is 12.8 Å². The summed E-state index contributed by atoms with van der Waals surface area (Å²) in [6, 6.07) is 9.02. The van der Waals surface area contributed by atoms with Gasteiger partial charge in [-0.2, -0.15) is 0 Å². The number of furan rings is 1. The topological polar surface area (TPSA) is 74.6 Å². The second-order valence-corrected chi connectivity index (χ2v) is 8.24. The van der Waals surface area contributed by atoms with Crippen LogP contribution in [0.2, 0.25) is 0 Å². The van der Waals surface area contributed by atoms with Crippen LogP contribution in [-0.4, -0.2) is 34.6 Å². The predicted molar refractivity (Wildman–Crippen MR) is 110 cm³/mol. The minimum Gasteiger partial charge on any atom is -0.462 e. The summed E-state index contributed by atoms with van der Waals surface area (Å²) in [7, 11) is -3.92. The molecule has 1 fully saturated rings. The molecule has 0 atom stereocenters. The Morgan fingerprint density at radius 1 is 1.14 bits per heavy atom. The van der Waals surface area contributed by atoms with Gasteiger partial charge in [-0.25, -0.2) is 12.8 Å². The third-order valence-electron chi connectivity index (χ3n) is 4.68. The van der Waals surface area contributed by atoms with Crippen molar-refractivity contribution in [3.8, 4) is 0 Å². The number of piperazine rings is 1. The molecule has 0 amide bonds. The van der Waals surface area contributed by atoms with Crippen LogP contribution in [-0.2, 0) is 10.0 Å². The van der Waals surface area contributed by atoms with Crippen molar-refractivity contribution in [1.29, 1.82) is 0 Å². The molecule has 0 radical (unpaired) electrons. The molecule has 6 nitrogen and oxygen atoms in total. The van der Waals surface area contributed by atoms with Gasteiger partial charge in [-0.3, -0.25) is 4.72 Å². The average Bonchev–Trinajstić information content (AvgIpc) is 3.12. The number of benzene rings is 2. The van der Waals surface area contributed by atoms with E-state index in [1.165, 1.54) is 12.1 Å². The summed E-state index contributed by atoms with van der Waals surface area (Å²) in [5.41, 5.74) is 2.46. The van der Waals surface area contributed by atoms with Crippen molar-refractivity contribution in [2.24, 2.45) is 0 Å². The molecule has 1 aliphatic rings. The van der Waals surface area contributed by atoms with Gasteiger partial charge in [-0.1, -0.05) is 6.07 Å². The van der Waals surface area contributed by atoms with Crippen LogP contribution in [0.1, 0.15) is 5.56 Å². The highest BCUT2D eigenvalue weighted by Crippen LogP contribution is 2.33. The first-order chi connectivity index (χ1) is 12.9. The third-order valence-corrected chi connectivity index (χ3v) is 6.20. The lowest BCUT2D eigenvalue weighted by Crippen LogP contribution is -2.43. The zero-order valence-corrected chi connectivity index (χ0v) is 16.9. The number of rotatable bonds is 4. The van der Waals surface area contributed by atoms with Crippen molar-refractivity contribution in [1.82, 2.24) is 5.32 Å². The normalized spacial score (nSPS) is 14.7. The zero-order valence-electron chi connectivity index (χ0n) is 15.2. The Labute approximate surface area is 169 Å². The van der Waals surface area contributed by atoms with Crippen LogP contribution in [0, 0.1) is 12.7 Å². The Morgan fingerprint density at radius 3 is 2.64 bits per heavy atom. The van der Waals surface area contributed by atoms with E-state index in [0.29, 0.717) is 11.3 Å². The van der Waals surface area contributed by atoms with Gasteiger partial charge >= 0.3 is 0 Å². The van der Waals surface area contributed by atoms with E-state index in [1.807, 2.05) is 0 Å². The summed E-state index contributed by atoms with van der Waals surface area (Å²) in [4.78, 5) is 2.09. The maximum absolute atomic E-state index is 13.6. The van der Waals surface area contributed by atoms with Crippen molar-refractivity contribution in [2.75, 3.05) is 35.8 Å². The highest BCUT2D eigenvalue weighted by atomic mass is 35.5. The van der Waals surface area contributed by atoms with E-state index in [0.717, 1.165) is 48.9 Å². The molecule has 28 heavy (non-hydrogen) atoms. The van der Waals surface area contributed by atoms with E-state index in [2.05, 4.69) is 14.9 Å². The molecule has 0 spiro atoms. The molecule has 2 N–H and O–H groups in total. The van der Waals surface area contributed by atoms with Crippen molar-refractivity contribution in [3.63, 3.8) is 0 Å². The van der Waals surface area contributed by atoms with Crippen LogP contribution in [0.3, 0.4) is 0 Å². The molecular weight excluding hydrogens is 405 g/mol. The Hall–Kier alpha value is -2.29. The molecule has 4 rings (SSSR count). The third kappa shape index (κ3) is 3.94. The fourth-order valence-electron chi connectivity index (χ4n) is 3.34. The molecule has 2 heterocycles. The SMILES string of the molecule is Cc1ccc(F)cc1S(=O)(=O)Nc1cc(N2CCNCC2)c2occc2c1.Cl. The number of fused-ring (bicyclic) bond motifs is 1. The lowest BCUT2D eigenvalue weighted by molar-refractivity contribution is 0.579. The molecule has 9 heteroatoms. The minimum atomic E-state index is -3.92. The number of hydrogen-bond acceptors (Lipinski definition) is 5. The summed E-state index contributed by atoms with van der Waals surface area (Å²) in [6.45, 7) is 4.94. The lowest BCUT2D eigenvalue weighted by Gasteiger charge is -2.29. The van der Waals surface area contributed by atoms with E-state index in [-0.39, 0.29) is 17.3 Å². The fraction of sp³-hybridized carbons (Fsp3) is 0.263. The molecule has 0 aliphatic carbocycles. The summed E-state index contributed by atoms with van der Waals surface area (Å²) >= 11 is 0. The Kier molecular flexibility index (Phi) is 5.83. The van der Waals surface area contributed by atoms with Gasteiger partial charge in [0.1, 0.15) is 5.82 Å². The molecule has 1 aliphatic heterocycles. The molecule has 1 saturated heterocycles. The van der Waals surface area contributed by atoms with Crippen LogP contribution in [0.4, 0.5) is 15.8 Å². The van der Waals surface area contributed by atoms with Crippen LogP contribution in [0.15, 0.2) is 52.0 Å². The van der Waals surface area contributed by atoms with Gasteiger partial charge in [-0.15, -0.1) is 12.4 Å². The van der Waals surface area contributed by atoms with Crippen molar-refractivity contribution in [2.45, 2.75) is 11.8 Å². The number of anilines is 2. The van der Waals surface area contributed by atoms with Gasteiger partial charge in [0.05, 0.1) is 22.5 Å². The predicted octanol–water partition coefficient (Wildman–Crippen LogP) is 3.51. The van der Waals surface area contributed by atoms with Gasteiger partial charge in [0.25, 0.3) is 10.0 Å². The van der Waals surface area contributed by atoms with Gasteiger partial charge in [0.15, 0.2) is 5.58 Å². The quantitative estimate of drug-likeness (QED) is 0.669. The number of hydrogen-bond donors (Lipinski definition) is 2. The molecule has 2 aromatic carbocycles. The molecular formula is C19H21ClFN3O3S. The molecule has 0 bridgehead atoms. The van der Waals surface area contributed by atoms with Crippen LogP contribution in [0.25, 0.3) is 11.0 Å². The number of sulfonamides is 1. The fourth-order valence-corrected chi connectivity index (χ4v) is 4.63. The van der Waals surface area contributed by atoms with E-state index < -0.39 is 15.8 Å². The second-order valence-electron chi connectivity index (χ2n) is 6.59. The van der Waals surface area contributed by atoms with Crippen LogP contribution >= 0.6 is 12.4 Å². The van der Waals surface area contributed by atoms with Crippen molar-refractivity contribution < 1.29 is 17.2 Å². The molecule has 1 aromatic heterocycles. The summed E-state index contributed by atoms with van der Waals surface area (Å²) in [5, 5.41) is 4.10. The van der Waals surface area contributed by atoms with Crippen molar-refractivity contribution in [3.05, 3.63) is 54.0 Å². The first kappa shape index (κ1) is 20.4. The standard InChI is InChI=1S/C19H20FN3O3S.ClH/c1-13-2-3-15(20)11-18(13)27(24,25)22-16-10-14-4-9-26-19(14)17(12-16)23-7-5-21-6-8-23;/h2-4,9-12,21-22H,5-8H2,1H3;1H. The largest absolute Gasteiger partial charge is 0.462 e. The minimum absolute atomic E-state index is 0. The van der Waals surface area contributed by atoms with E-state index in [1.54, 1.807) is 31.4 Å². The van der Waals surface area contributed by atoms with Gasteiger partial charge in [0.2, 0.25) is 0 Å².